The van der Waals surface area contributed by atoms with Gasteiger partial charge in [-0.05, 0) is 0 Å². The first kappa shape index (κ1) is 13.0. The number of amides is 1. The monoisotopic (exact) mass is 245 g/mol. The summed E-state index contributed by atoms with van der Waals surface area (Å²) < 4.78 is 6.69. The van der Waals surface area contributed by atoms with Gasteiger partial charge in [0.05, 0.1) is 12.9 Å². The van der Waals surface area contributed by atoms with Gasteiger partial charge in [0, 0.05) is 39.3 Å². The zero-order chi connectivity index (χ0) is 12.0. The van der Waals surface area contributed by atoms with Gasteiger partial charge in [0.1, 0.15) is 5.69 Å². The number of ether oxygens (including phenoxy) is 1. The molecule has 16 heavy (non-hydrogen) atoms. The van der Waals surface area contributed by atoms with Crippen LogP contribution in [0.25, 0.3) is 0 Å². The SMILES string of the molecule is COCCN(CCCl)C(=O)c1cn(C)cn1. The highest BCUT2D eigenvalue weighted by atomic mass is 35.5. The standard InChI is InChI=1S/C10H16ClN3O2/c1-13-7-9(12-8-13)10(15)14(4-3-11)5-6-16-2/h7-8H,3-6H2,1-2H3. The van der Waals surface area contributed by atoms with E-state index in [0.717, 1.165) is 0 Å². The van der Waals surface area contributed by atoms with Crippen molar-refractivity contribution < 1.29 is 9.53 Å². The highest BCUT2D eigenvalue weighted by molar-refractivity contribution is 6.18. The Morgan fingerprint density at radius 3 is 2.88 bits per heavy atom. The lowest BCUT2D eigenvalue weighted by Crippen LogP contribution is -2.35. The predicted octanol–water partition coefficient (Wildman–Crippen LogP) is 0.748. The highest BCUT2D eigenvalue weighted by Crippen LogP contribution is 2.02. The molecular formula is C10H16ClN3O2. The fourth-order valence-corrected chi connectivity index (χ4v) is 1.51. The summed E-state index contributed by atoms with van der Waals surface area (Å²) in [6.07, 6.45) is 3.29. The lowest BCUT2D eigenvalue weighted by molar-refractivity contribution is 0.0702. The van der Waals surface area contributed by atoms with Crippen LogP contribution in [0.5, 0.6) is 0 Å². The van der Waals surface area contributed by atoms with Crippen LogP contribution < -0.4 is 0 Å². The lowest BCUT2D eigenvalue weighted by Gasteiger charge is -2.19. The number of carbonyl (C=O) groups is 1. The number of hydrogen-bond donors (Lipinski definition) is 0. The third-order valence-corrected chi connectivity index (χ3v) is 2.30. The molecule has 0 fully saturated rings. The summed E-state index contributed by atoms with van der Waals surface area (Å²) in [6, 6.07) is 0. The molecule has 1 aromatic heterocycles. The molecule has 0 unspecified atom stereocenters. The molecule has 0 atom stereocenters. The lowest BCUT2D eigenvalue weighted by atomic mass is 10.3. The summed E-state index contributed by atoms with van der Waals surface area (Å²) in [5, 5.41) is 0. The number of halogens is 1. The molecule has 90 valence electrons. The second-order valence-corrected chi connectivity index (χ2v) is 3.78. The summed E-state index contributed by atoms with van der Waals surface area (Å²) >= 11 is 5.65. The van der Waals surface area contributed by atoms with Gasteiger partial charge in [-0.15, -0.1) is 11.6 Å². The molecule has 0 saturated heterocycles. The van der Waals surface area contributed by atoms with Crippen LogP contribution in [-0.4, -0.2) is 53.0 Å². The number of aromatic nitrogens is 2. The van der Waals surface area contributed by atoms with Gasteiger partial charge in [0.25, 0.3) is 5.91 Å². The zero-order valence-electron chi connectivity index (χ0n) is 9.52. The first-order valence-electron chi connectivity index (χ1n) is 5.01. The number of nitrogens with zero attached hydrogens (tertiary/aromatic N) is 3. The Kier molecular flexibility index (Phi) is 5.28. The van der Waals surface area contributed by atoms with Gasteiger partial charge in [-0.3, -0.25) is 4.79 Å². The van der Waals surface area contributed by atoms with Crippen LogP contribution in [0, 0.1) is 0 Å². The van der Waals surface area contributed by atoms with Crippen LogP contribution in [0.3, 0.4) is 0 Å². The minimum absolute atomic E-state index is 0.113. The quantitative estimate of drug-likeness (QED) is 0.695. The molecule has 0 saturated carbocycles. The van der Waals surface area contributed by atoms with Crippen molar-refractivity contribution in [3.63, 3.8) is 0 Å². The minimum Gasteiger partial charge on any atom is -0.383 e. The molecule has 0 aliphatic carbocycles. The molecule has 1 heterocycles. The van der Waals surface area contributed by atoms with Gasteiger partial charge in [-0.1, -0.05) is 0 Å². The van der Waals surface area contributed by atoms with E-state index in [-0.39, 0.29) is 5.91 Å². The van der Waals surface area contributed by atoms with Crippen molar-refractivity contribution >= 4 is 17.5 Å². The van der Waals surface area contributed by atoms with Crippen molar-refractivity contribution in [2.24, 2.45) is 7.05 Å². The van der Waals surface area contributed by atoms with Crippen LogP contribution in [0.4, 0.5) is 0 Å². The second-order valence-electron chi connectivity index (χ2n) is 3.40. The Morgan fingerprint density at radius 2 is 2.38 bits per heavy atom. The maximum absolute atomic E-state index is 12.0. The zero-order valence-corrected chi connectivity index (χ0v) is 10.3. The summed E-state index contributed by atoms with van der Waals surface area (Å²) in [5.41, 5.74) is 0.434. The van der Waals surface area contributed by atoms with E-state index in [1.807, 2.05) is 7.05 Å². The molecule has 1 rings (SSSR count). The first-order chi connectivity index (χ1) is 7.69. The minimum atomic E-state index is -0.113. The van der Waals surface area contributed by atoms with Crippen molar-refractivity contribution in [2.75, 3.05) is 32.7 Å². The maximum Gasteiger partial charge on any atom is 0.274 e. The fraction of sp³-hybridized carbons (Fsp3) is 0.600. The van der Waals surface area contributed by atoms with E-state index < -0.39 is 0 Å². The number of aryl methyl sites for hydroxylation is 1. The summed E-state index contributed by atoms with van der Waals surface area (Å²) in [4.78, 5) is 17.6. The largest absolute Gasteiger partial charge is 0.383 e. The number of imidazole rings is 1. The van der Waals surface area contributed by atoms with Gasteiger partial charge < -0.3 is 14.2 Å². The molecule has 0 aliphatic rings. The van der Waals surface area contributed by atoms with Crippen LogP contribution in [-0.2, 0) is 11.8 Å². The smallest absolute Gasteiger partial charge is 0.274 e. The molecular weight excluding hydrogens is 230 g/mol. The number of carbonyl (C=O) groups excluding carboxylic acids is 1. The van der Waals surface area contributed by atoms with Gasteiger partial charge in [-0.25, -0.2) is 4.98 Å². The number of hydrogen-bond acceptors (Lipinski definition) is 3. The predicted molar refractivity (Wildman–Crippen MR) is 61.7 cm³/mol. The Hall–Kier alpha value is -1.07. The van der Waals surface area contributed by atoms with Gasteiger partial charge in [0.2, 0.25) is 0 Å². The van der Waals surface area contributed by atoms with Crippen molar-refractivity contribution in [3.8, 4) is 0 Å². The fourth-order valence-electron chi connectivity index (χ4n) is 1.30. The Balaban J connectivity index is 2.66. The first-order valence-corrected chi connectivity index (χ1v) is 5.54. The van der Waals surface area contributed by atoms with Crippen molar-refractivity contribution in [1.29, 1.82) is 0 Å². The van der Waals surface area contributed by atoms with Crippen molar-refractivity contribution in [1.82, 2.24) is 14.5 Å². The van der Waals surface area contributed by atoms with Gasteiger partial charge in [0.15, 0.2) is 0 Å². The van der Waals surface area contributed by atoms with E-state index in [9.17, 15) is 4.79 Å². The van der Waals surface area contributed by atoms with E-state index in [2.05, 4.69) is 4.98 Å². The average molecular weight is 246 g/mol. The maximum atomic E-state index is 12.0. The molecule has 0 aromatic carbocycles. The molecule has 0 bridgehead atoms. The van der Waals surface area contributed by atoms with Gasteiger partial charge >= 0.3 is 0 Å². The topological polar surface area (TPSA) is 47.4 Å². The Labute approximate surface area is 100.0 Å². The van der Waals surface area contributed by atoms with Crippen LogP contribution in [0.2, 0.25) is 0 Å². The third-order valence-electron chi connectivity index (χ3n) is 2.13. The molecule has 5 nitrogen and oxygen atoms in total. The second kappa shape index (κ2) is 6.50. The van der Waals surface area contributed by atoms with Gasteiger partial charge in [-0.2, -0.15) is 0 Å². The molecule has 0 N–H and O–H groups in total. The molecule has 0 spiro atoms. The van der Waals surface area contributed by atoms with Crippen molar-refractivity contribution in [2.45, 2.75) is 0 Å². The van der Waals surface area contributed by atoms with E-state index in [0.29, 0.717) is 31.3 Å². The highest BCUT2D eigenvalue weighted by Gasteiger charge is 2.16. The van der Waals surface area contributed by atoms with E-state index in [4.69, 9.17) is 16.3 Å². The number of rotatable bonds is 6. The van der Waals surface area contributed by atoms with Crippen LogP contribution >= 0.6 is 11.6 Å². The molecule has 1 aromatic rings. The van der Waals surface area contributed by atoms with Crippen molar-refractivity contribution in [3.05, 3.63) is 18.2 Å². The molecule has 0 radical (unpaired) electrons. The number of alkyl halides is 1. The van der Waals surface area contributed by atoms with E-state index in [1.54, 1.807) is 29.1 Å². The normalized spacial score (nSPS) is 10.4. The van der Waals surface area contributed by atoms with E-state index in [1.165, 1.54) is 0 Å². The van der Waals surface area contributed by atoms with E-state index >= 15 is 0 Å². The Bertz CT molecular complexity index is 341. The van der Waals surface area contributed by atoms with Crippen LogP contribution in [0.15, 0.2) is 12.5 Å². The molecule has 0 aliphatic heterocycles. The Morgan fingerprint density at radius 1 is 1.62 bits per heavy atom. The summed E-state index contributed by atoms with van der Waals surface area (Å²) in [5.74, 6) is 0.292. The van der Waals surface area contributed by atoms with Crippen LogP contribution in [0.1, 0.15) is 10.5 Å². The number of methoxy groups -OCH3 is 1. The average Bonchev–Trinajstić information content (AvgIpc) is 2.70. The third kappa shape index (κ3) is 3.50. The summed E-state index contributed by atoms with van der Waals surface area (Å²) in [6.45, 7) is 1.52. The summed E-state index contributed by atoms with van der Waals surface area (Å²) in [7, 11) is 3.43. The molecule has 6 heteroatoms. The molecule has 1 amide bonds.